The van der Waals surface area contributed by atoms with E-state index in [0.29, 0.717) is 11.5 Å². The molecule has 0 amide bonds. The molecule has 2 N–H and O–H groups in total. The highest BCUT2D eigenvalue weighted by Gasteiger charge is 2.03. The monoisotopic (exact) mass is 220 g/mol. The molecule has 0 fully saturated rings. The predicted molar refractivity (Wildman–Crippen MR) is 64.8 cm³/mol. The topological polar surface area (TPSA) is 58.0 Å². The van der Waals surface area contributed by atoms with Crippen LogP contribution in [0, 0.1) is 5.92 Å². The maximum absolute atomic E-state index is 11.0. The number of benzene rings is 1. The summed E-state index contributed by atoms with van der Waals surface area (Å²) in [7, 11) is 0. The molecule has 1 aromatic carbocycles. The third-order valence-electron chi connectivity index (χ3n) is 2.77. The van der Waals surface area contributed by atoms with Crippen LogP contribution >= 0.6 is 0 Å². The zero-order chi connectivity index (χ0) is 11.5. The quantitative estimate of drug-likeness (QED) is 0.832. The maximum Gasteiger partial charge on any atom is 0.417 e. The molecule has 4 nitrogen and oxygen atoms in total. The second-order valence-corrected chi connectivity index (χ2v) is 4.12. The van der Waals surface area contributed by atoms with Gasteiger partial charge in [-0.25, -0.2) is 4.79 Å². The third-order valence-corrected chi connectivity index (χ3v) is 2.77. The lowest BCUT2D eigenvalue weighted by Gasteiger charge is -2.10. The normalized spacial score (nSPS) is 12.9. The van der Waals surface area contributed by atoms with Gasteiger partial charge in [-0.3, -0.25) is 4.98 Å². The Morgan fingerprint density at radius 2 is 2.31 bits per heavy atom. The summed E-state index contributed by atoms with van der Waals surface area (Å²) in [5, 5.41) is 3.33. The number of rotatable bonds is 4. The largest absolute Gasteiger partial charge is 0.417 e. The molecule has 0 bridgehead atoms. The first-order valence-electron chi connectivity index (χ1n) is 5.55. The Hall–Kier alpha value is -1.71. The smallest absolute Gasteiger partial charge is 0.408 e. The van der Waals surface area contributed by atoms with Crippen LogP contribution in [-0.4, -0.2) is 11.5 Å². The van der Waals surface area contributed by atoms with Crippen molar-refractivity contribution in [2.75, 3.05) is 11.9 Å². The number of hydrogen-bond donors (Lipinski definition) is 2. The molecule has 0 aliphatic carbocycles. The van der Waals surface area contributed by atoms with E-state index in [-0.39, 0.29) is 0 Å². The molecule has 0 saturated heterocycles. The number of hydrogen-bond acceptors (Lipinski definition) is 3. The van der Waals surface area contributed by atoms with E-state index in [1.165, 1.54) is 0 Å². The number of fused-ring (bicyclic) bond motifs is 1. The number of H-pyrrole nitrogens is 1. The lowest BCUT2D eigenvalue weighted by Crippen LogP contribution is -2.09. The van der Waals surface area contributed by atoms with Crippen LogP contribution in [0.25, 0.3) is 11.1 Å². The van der Waals surface area contributed by atoms with Gasteiger partial charge in [0, 0.05) is 12.2 Å². The molecule has 0 spiro atoms. The second-order valence-electron chi connectivity index (χ2n) is 4.12. The molecule has 2 aromatic rings. The molecule has 0 saturated carbocycles. The van der Waals surface area contributed by atoms with Crippen molar-refractivity contribution in [1.29, 1.82) is 0 Å². The first-order chi connectivity index (χ1) is 7.69. The number of anilines is 1. The van der Waals surface area contributed by atoms with Crippen molar-refractivity contribution in [3.63, 3.8) is 0 Å². The van der Waals surface area contributed by atoms with Gasteiger partial charge in [0.25, 0.3) is 0 Å². The summed E-state index contributed by atoms with van der Waals surface area (Å²) in [5.74, 6) is 0.230. The molecule has 1 atom stereocenters. The highest BCUT2D eigenvalue weighted by atomic mass is 16.4. The SMILES string of the molecule is CCC(C)CNc1ccc2oc(=O)[nH]c2c1. The van der Waals surface area contributed by atoms with Gasteiger partial charge in [-0.05, 0) is 24.1 Å². The minimum absolute atomic E-state index is 0.408. The zero-order valence-electron chi connectivity index (χ0n) is 9.54. The van der Waals surface area contributed by atoms with Gasteiger partial charge in [0.2, 0.25) is 0 Å². The van der Waals surface area contributed by atoms with Gasteiger partial charge in [0.15, 0.2) is 5.58 Å². The predicted octanol–water partition coefficient (Wildman–Crippen LogP) is 2.58. The van der Waals surface area contributed by atoms with Crippen LogP contribution in [0.15, 0.2) is 27.4 Å². The molecule has 16 heavy (non-hydrogen) atoms. The minimum Gasteiger partial charge on any atom is -0.408 e. The summed E-state index contributed by atoms with van der Waals surface area (Å²) in [6.45, 7) is 5.30. The van der Waals surface area contributed by atoms with E-state index in [2.05, 4.69) is 24.1 Å². The molecule has 0 radical (unpaired) electrons. The Balaban J connectivity index is 2.16. The van der Waals surface area contributed by atoms with Crippen LogP contribution < -0.4 is 11.1 Å². The van der Waals surface area contributed by atoms with Gasteiger partial charge in [0.05, 0.1) is 5.52 Å². The summed E-state index contributed by atoms with van der Waals surface area (Å²) in [4.78, 5) is 13.6. The average molecular weight is 220 g/mol. The van der Waals surface area contributed by atoms with Crippen LogP contribution in [0.5, 0.6) is 0 Å². The summed E-state index contributed by atoms with van der Waals surface area (Å²) in [5.41, 5.74) is 2.34. The fourth-order valence-electron chi connectivity index (χ4n) is 1.50. The Kier molecular flexibility index (Phi) is 2.99. The van der Waals surface area contributed by atoms with Gasteiger partial charge >= 0.3 is 5.76 Å². The van der Waals surface area contributed by atoms with Crippen molar-refractivity contribution in [3.8, 4) is 0 Å². The highest BCUT2D eigenvalue weighted by molar-refractivity contribution is 5.76. The summed E-state index contributed by atoms with van der Waals surface area (Å²) in [6, 6.07) is 5.61. The van der Waals surface area contributed by atoms with Gasteiger partial charge < -0.3 is 9.73 Å². The molecule has 86 valence electrons. The molecule has 4 heteroatoms. The van der Waals surface area contributed by atoms with Gasteiger partial charge in [0.1, 0.15) is 0 Å². The summed E-state index contributed by atoms with van der Waals surface area (Å²) < 4.78 is 4.93. The van der Waals surface area contributed by atoms with Crippen molar-refractivity contribution in [1.82, 2.24) is 4.98 Å². The van der Waals surface area contributed by atoms with Crippen LogP contribution in [0.2, 0.25) is 0 Å². The van der Waals surface area contributed by atoms with Crippen molar-refractivity contribution in [2.45, 2.75) is 20.3 Å². The maximum atomic E-state index is 11.0. The molecule has 1 aromatic heterocycles. The van der Waals surface area contributed by atoms with Gasteiger partial charge in [-0.2, -0.15) is 0 Å². The fourth-order valence-corrected chi connectivity index (χ4v) is 1.50. The van der Waals surface area contributed by atoms with Crippen LogP contribution in [-0.2, 0) is 0 Å². The van der Waals surface area contributed by atoms with Crippen molar-refractivity contribution in [2.24, 2.45) is 5.92 Å². The van der Waals surface area contributed by atoms with Crippen molar-refractivity contribution in [3.05, 3.63) is 28.7 Å². The number of nitrogens with one attached hydrogen (secondary N) is 2. The van der Waals surface area contributed by atoms with Crippen LogP contribution in [0.4, 0.5) is 5.69 Å². The summed E-state index contributed by atoms with van der Waals surface area (Å²) >= 11 is 0. The van der Waals surface area contributed by atoms with Crippen LogP contribution in [0.1, 0.15) is 20.3 Å². The molecule has 1 unspecified atom stereocenters. The second kappa shape index (κ2) is 4.43. The first-order valence-corrected chi connectivity index (χ1v) is 5.55. The Morgan fingerprint density at radius 3 is 3.06 bits per heavy atom. The Labute approximate surface area is 93.7 Å². The van der Waals surface area contributed by atoms with E-state index >= 15 is 0 Å². The number of aromatic amines is 1. The average Bonchev–Trinajstić information content (AvgIpc) is 2.65. The van der Waals surface area contributed by atoms with Gasteiger partial charge in [-0.1, -0.05) is 20.3 Å². The lowest BCUT2D eigenvalue weighted by molar-refractivity contribution is 0.555. The molecule has 1 heterocycles. The fraction of sp³-hybridized carbons (Fsp3) is 0.417. The van der Waals surface area contributed by atoms with E-state index in [1.54, 1.807) is 6.07 Å². The van der Waals surface area contributed by atoms with E-state index < -0.39 is 5.76 Å². The number of aromatic nitrogens is 1. The first kappa shape index (κ1) is 10.8. The molecular formula is C12H16N2O2. The van der Waals surface area contributed by atoms with Gasteiger partial charge in [-0.15, -0.1) is 0 Å². The Bertz CT molecular complexity index is 527. The van der Waals surface area contributed by atoms with E-state index in [0.717, 1.165) is 24.2 Å². The standard InChI is InChI=1S/C12H16N2O2/c1-3-8(2)7-13-9-4-5-11-10(6-9)14-12(15)16-11/h4-6,8,13H,3,7H2,1-2H3,(H,14,15). The Morgan fingerprint density at radius 1 is 1.50 bits per heavy atom. The number of oxazole rings is 1. The van der Waals surface area contributed by atoms with E-state index in [9.17, 15) is 4.79 Å². The highest BCUT2D eigenvalue weighted by Crippen LogP contribution is 2.16. The van der Waals surface area contributed by atoms with E-state index in [4.69, 9.17) is 4.42 Å². The molecular weight excluding hydrogens is 204 g/mol. The van der Waals surface area contributed by atoms with E-state index in [1.807, 2.05) is 12.1 Å². The minimum atomic E-state index is -0.408. The van der Waals surface area contributed by atoms with Crippen molar-refractivity contribution < 1.29 is 4.42 Å². The molecule has 0 aliphatic heterocycles. The molecule has 0 aliphatic rings. The lowest BCUT2D eigenvalue weighted by atomic mass is 10.1. The van der Waals surface area contributed by atoms with Crippen molar-refractivity contribution >= 4 is 16.8 Å². The zero-order valence-corrected chi connectivity index (χ0v) is 9.54. The van der Waals surface area contributed by atoms with Crippen LogP contribution in [0.3, 0.4) is 0 Å². The molecule has 2 rings (SSSR count). The summed E-state index contributed by atoms with van der Waals surface area (Å²) in [6.07, 6.45) is 1.15. The third kappa shape index (κ3) is 2.27.